The number of carbonyl (C=O) groups is 1. The Bertz CT molecular complexity index is 1420. The molecular formula is C19H8Cl4N2O3S. The second-order valence-corrected chi connectivity index (χ2v) is 8.05. The lowest BCUT2D eigenvalue weighted by molar-refractivity contribution is 0.0927. The third-order valence-electron chi connectivity index (χ3n) is 4.14. The fourth-order valence-electron chi connectivity index (χ4n) is 2.83. The maximum atomic E-state index is 12.9. The molecule has 0 unspecified atom stereocenters. The molecule has 0 aliphatic heterocycles. The van der Waals surface area contributed by atoms with Crippen molar-refractivity contribution >= 4 is 75.4 Å². The summed E-state index contributed by atoms with van der Waals surface area (Å²) in [5.74, 6) is -0.504. The van der Waals surface area contributed by atoms with Gasteiger partial charge in [-0.15, -0.1) is 0 Å². The molecule has 0 saturated carbocycles. The van der Waals surface area contributed by atoms with Gasteiger partial charge >= 0.3 is 5.91 Å². The number of hydrogen-bond donors (Lipinski definition) is 1. The van der Waals surface area contributed by atoms with Crippen LogP contribution in [0.3, 0.4) is 0 Å². The summed E-state index contributed by atoms with van der Waals surface area (Å²) in [5, 5.41) is 1.41. The number of furan rings is 1. The number of rotatable bonds is 2. The molecule has 0 aliphatic rings. The van der Waals surface area contributed by atoms with Crippen molar-refractivity contribution in [3.05, 3.63) is 83.4 Å². The van der Waals surface area contributed by atoms with Gasteiger partial charge in [-0.05, 0) is 54.7 Å². The van der Waals surface area contributed by atoms with Crippen molar-refractivity contribution in [1.29, 1.82) is 0 Å². The van der Waals surface area contributed by atoms with Crippen LogP contribution in [0.5, 0.6) is 0 Å². The SMILES string of the molecule is O=C(c1ccc(-c2ccc(Cl)cc2Cl)o1)n1c(=S)[nH]c2c(Cl)cc(Cl)cc2c1=O. The highest BCUT2D eigenvalue weighted by atomic mass is 35.5. The average Bonchev–Trinajstić information content (AvgIpc) is 3.12. The van der Waals surface area contributed by atoms with E-state index < -0.39 is 11.5 Å². The van der Waals surface area contributed by atoms with E-state index in [1.165, 1.54) is 18.2 Å². The molecule has 0 bridgehead atoms. The number of nitrogens with zero attached hydrogens (tertiary/aromatic N) is 1. The van der Waals surface area contributed by atoms with Gasteiger partial charge in [0.05, 0.1) is 20.9 Å². The molecule has 2 aromatic heterocycles. The molecule has 0 radical (unpaired) electrons. The van der Waals surface area contributed by atoms with Crippen molar-refractivity contribution in [3.8, 4) is 11.3 Å². The Morgan fingerprint density at radius 3 is 2.41 bits per heavy atom. The number of hydrogen-bond acceptors (Lipinski definition) is 4. The minimum absolute atomic E-state index is 0.0971. The lowest BCUT2D eigenvalue weighted by Crippen LogP contribution is -2.28. The van der Waals surface area contributed by atoms with Gasteiger partial charge in [0, 0.05) is 15.6 Å². The van der Waals surface area contributed by atoms with Gasteiger partial charge in [-0.2, -0.15) is 0 Å². The van der Waals surface area contributed by atoms with E-state index >= 15 is 0 Å². The van der Waals surface area contributed by atoms with Gasteiger partial charge in [0.25, 0.3) is 5.56 Å². The first-order valence-corrected chi connectivity index (χ1v) is 9.92. The molecule has 2 heterocycles. The Hall–Kier alpha value is -2.09. The fraction of sp³-hybridized carbons (Fsp3) is 0. The summed E-state index contributed by atoms with van der Waals surface area (Å²) in [6, 6.07) is 10.7. The van der Waals surface area contributed by atoms with E-state index in [2.05, 4.69) is 4.98 Å². The molecule has 0 saturated heterocycles. The van der Waals surface area contributed by atoms with Crippen molar-refractivity contribution in [3.63, 3.8) is 0 Å². The van der Waals surface area contributed by atoms with Crippen LogP contribution in [0.1, 0.15) is 10.6 Å². The van der Waals surface area contributed by atoms with Crippen LogP contribution in [0, 0.1) is 4.77 Å². The monoisotopic (exact) mass is 484 g/mol. The zero-order valence-electron chi connectivity index (χ0n) is 14.1. The maximum absolute atomic E-state index is 12.9. The van der Waals surface area contributed by atoms with Crippen molar-refractivity contribution in [1.82, 2.24) is 9.55 Å². The first kappa shape index (κ1) is 20.2. The third kappa shape index (κ3) is 3.63. The minimum Gasteiger partial charge on any atom is -0.451 e. The Morgan fingerprint density at radius 2 is 1.69 bits per heavy atom. The number of aromatic nitrogens is 2. The van der Waals surface area contributed by atoms with Crippen LogP contribution in [0.4, 0.5) is 0 Å². The molecule has 0 aliphatic carbocycles. The standard InChI is InChI=1S/C19H8Cl4N2O3S/c20-8-1-2-10(12(22)6-8)14-3-4-15(28-14)18(27)25-17(26)11-5-9(21)7-13(23)16(11)24-19(25)29/h1-7H,(H,24,29). The number of benzene rings is 2. The summed E-state index contributed by atoms with van der Waals surface area (Å²) in [6.45, 7) is 0. The maximum Gasteiger partial charge on any atom is 0.302 e. The first-order valence-electron chi connectivity index (χ1n) is 8.00. The molecule has 10 heteroatoms. The van der Waals surface area contributed by atoms with Gasteiger partial charge < -0.3 is 9.40 Å². The van der Waals surface area contributed by atoms with Crippen molar-refractivity contribution in [2.75, 3.05) is 0 Å². The van der Waals surface area contributed by atoms with E-state index in [9.17, 15) is 9.59 Å². The van der Waals surface area contributed by atoms with E-state index in [-0.39, 0.29) is 26.0 Å². The smallest absolute Gasteiger partial charge is 0.302 e. The largest absolute Gasteiger partial charge is 0.451 e. The van der Waals surface area contributed by atoms with Gasteiger partial charge in [-0.1, -0.05) is 46.4 Å². The highest BCUT2D eigenvalue weighted by molar-refractivity contribution is 7.71. The van der Waals surface area contributed by atoms with Gasteiger partial charge in [0.15, 0.2) is 10.5 Å². The molecule has 5 nitrogen and oxygen atoms in total. The molecule has 1 N–H and O–H groups in total. The quantitative estimate of drug-likeness (QED) is 0.324. The zero-order valence-corrected chi connectivity index (χ0v) is 18.0. The predicted octanol–water partition coefficient (Wildman–Crippen LogP) is 6.62. The topological polar surface area (TPSA) is 68.0 Å². The van der Waals surface area contributed by atoms with Gasteiger partial charge in [-0.3, -0.25) is 9.59 Å². The Balaban J connectivity index is 1.84. The lowest BCUT2D eigenvalue weighted by Gasteiger charge is -2.07. The van der Waals surface area contributed by atoms with Crippen LogP contribution < -0.4 is 5.56 Å². The van der Waals surface area contributed by atoms with Gasteiger partial charge in [0.2, 0.25) is 0 Å². The molecule has 2 aromatic carbocycles. The summed E-state index contributed by atoms with van der Waals surface area (Å²) in [6.07, 6.45) is 0. The van der Waals surface area contributed by atoms with Crippen molar-refractivity contribution < 1.29 is 9.21 Å². The molecule has 0 spiro atoms. The van der Waals surface area contributed by atoms with Crippen molar-refractivity contribution in [2.45, 2.75) is 0 Å². The van der Waals surface area contributed by atoms with E-state index in [4.69, 9.17) is 63.0 Å². The summed E-state index contributed by atoms with van der Waals surface area (Å²) in [7, 11) is 0. The van der Waals surface area contributed by atoms with Gasteiger partial charge in [0.1, 0.15) is 5.76 Å². The second-order valence-electron chi connectivity index (χ2n) is 5.97. The number of fused-ring (bicyclic) bond motifs is 1. The van der Waals surface area contributed by atoms with E-state index in [1.54, 1.807) is 24.3 Å². The number of aromatic amines is 1. The first-order chi connectivity index (χ1) is 13.8. The summed E-state index contributed by atoms with van der Waals surface area (Å²) in [4.78, 5) is 28.6. The van der Waals surface area contributed by atoms with Crippen molar-refractivity contribution in [2.24, 2.45) is 0 Å². The Labute approximate surface area is 188 Å². The Kier molecular flexibility index (Phi) is 5.31. The molecule has 4 aromatic rings. The molecular weight excluding hydrogens is 478 g/mol. The molecule has 29 heavy (non-hydrogen) atoms. The molecule has 0 fully saturated rings. The normalized spacial score (nSPS) is 11.2. The summed E-state index contributed by atoms with van der Waals surface area (Å²) < 4.78 is 6.29. The summed E-state index contributed by atoms with van der Waals surface area (Å²) in [5.41, 5.74) is 0.175. The number of nitrogens with one attached hydrogen (secondary N) is 1. The van der Waals surface area contributed by atoms with Crippen LogP contribution in [-0.2, 0) is 0 Å². The second kappa shape index (κ2) is 7.63. The lowest BCUT2D eigenvalue weighted by atomic mass is 10.2. The Morgan fingerprint density at radius 1 is 0.966 bits per heavy atom. The van der Waals surface area contributed by atoms with E-state index in [1.807, 2.05) is 0 Å². The van der Waals surface area contributed by atoms with Crippen LogP contribution in [0.25, 0.3) is 22.2 Å². The average molecular weight is 486 g/mol. The van der Waals surface area contributed by atoms with E-state index in [0.717, 1.165) is 4.57 Å². The molecule has 4 rings (SSSR count). The van der Waals surface area contributed by atoms with Crippen LogP contribution in [-0.4, -0.2) is 15.5 Å². The van der Waals surface area contributed by atoms with Crippen LogP contribution in [0.15, 0.2) is 51.7 Å². The summed E-state index contributed by atoms with van der Waals surface area (Å²) >= 11 is 29.4. The van der Waals surface area contributed by atoms with Crippen LogP contribution in [0.2, 0.25) is 20.1 Å². The minimum atomic E-state index is -0.745. The number of halogens is 4. The number of carbonyl (C=O) groups excluding carboxylic acids is 1. The van der Waals surface area contributed by atoms with E-state index in [0.29, 0.717) is 26.9 Å². The van der Waals surface area contributed by atoms with Gasteiger partial charge in [-0.25, -0.2) is 4.57 Å². The number of H-pyrrole nitrogens is 1. The predicted molar refractivity (Wildman–Crippen MR) is 117 cm³/mol. The fourth-order valence-corrected chi connectivity index (χ4v) is 4.14. The molecule has 146 valence electrons. The zero-order chi connectivity index (χ0) is 20.9. The van der Waals surface area contributed by atoms with Crippen LogP contribution >= 0.6 is 58.6 Å². The molecule has 0 atom stereocenters. The highest BCUT2D eigenvalue weighted by Crippen LogP contribution is 2.32. The third-order valence-corrected chi connectivity index (χ3v) is 5.49. The molecule has 0 amide bonds. The highest BCUT2D eigenvalue weighted by Gasteiger charge is 2.20.